The van der Waals surface area contributed by atoms with Crippen molar-refractivity contribution in [2.75, 3.05) is 0 Å². The van der Waals surface area contributed by atoms with Crippen molar-refractivity contribution in [3.8, 4) is 0 Å². The van der Waals surface area contributed by atoms with Crippen LogP contribution < -0.4 is 0 Å². The number of carbonyl (C=O) groups excluding carboxylic acids is 1. The minimum atomic E-state index is -0.451. The molecule has 88 valence electrons. The number of aryl methyl sites for hydroxylation is 2. The van der Waals surface area contributed by atoms with Gasteiger partial charge >= 0.3 is 0 Å². The van der Waals surface area contributed by atoms with Gasteiger partial charge in [0, 0.05) is 4.47 Å². The molecule has 1 aromatic heterocycles. The van der Waals surface area contributed by atoms with Crippen LogP contribution in [0, 0.1) is 19.7 Å². The highest BCUT2D eigenvalue weighted by Crippen LogP contribution is 2.28. The van der Waals surface area contributed by atoms with E-state index in [0.717, 1.165) is 5.56 Å². The first-order valence-electron chi connectivity index (χ1n) is 5.05. The SMILES string of the molecule is Cc1cc(C)c(C(=O)c2sccc2Br)c(F)c1. The van der Waals surface area contributed by atoms with Crippen LogP contribution in [0.2, 0.25) is 0 Å². The summed E-state index contributed by atoms with van der Waals surface area (Å²) < 4.78 is 14.6. The van der Waals surface area contributed by atoms with E-state index in [9.17, 15) is 9.18 Å². The molecule has 17 heavy (non-hydrogen) atoms. The van der Waals surface area contributed by atoms with Crippen LogP contribution in [0.4, 0.5) is 4.39 Å². The molecule has 0 bridgehead atoms. The fraction of sp³-hybridized carbons (Fsp3) is 0.154. The molecule has 1 nitrogen and oxygen atoms in total. The molecule has 4 heteroatoms. The molecule has 0 N–H and O–H groups in total. The molecule has 0 fully saturated rings. The molecule has 0 amide bonds. The van der Waals surface area contributed by atoms with Gasteiger partial charge in [0.1, 0.15) is 5.82 Å². The standard InChI is InChI=1S/C13H10BrFOS/c1-7-5-8(2)11(10(15)6-7)12(16)13-9(14)3-4-17-13/h3-6H,1-2H3. The summed E-state index contributed by atoms with van der Waals surface area (Å²) in [6, 6.07) is 5.00. The molecule has 2 aromatic rings. The van der Waals surface area contributed by atoms with Crippen LogP contribution in [0.1, 0.15) is 26.4 Å². The van der Waals surface area contributed by atoms with Crippen LogP contribution in [0.25, 0.3) is 0 Å². The summed E-state index contributed by atoms with van der Waals surface area (Å²) in [5, 5.41) is 1.80. The topological polar surface area (TPSA) is 17.1 Å². The van der Waals surface area contributed by atoms with Crippen LogP contribution >= 0.6 is 27.3 Å². The monoisotopic (exact) mass is 312 g/mol. The predicted octanol–water partition coefficient (Wildman–Crippen LogP) is 4.50. The number of halogens is 2. The molecule has 0 aliphatic heterocycles. The first-order chi connectivity index (χ1) is 8.00. The van der Waals surface area contributed by atoms with Gasteiger partial charge in [0.2, 0.25) is 5.78 Å². The van der Waals surface area contributed by atoms with Crippen molar-refractivity contribution in [3.05, 3.63) is 55.4 Å². The smallest absolute Gasteiger partial charge is 0.207 e. The zero-order valence-electron chi connectivity index (χ0n) is 9.38. The van der Waals surface area contributed by atoms with Crippen LogP contribution in [0.3, 0.4) is 0 Å². The predicted molar refractivity (Wildman–Crippen MR) is 71.3 cm³/mol. The van der Waals surface area contributed by atoms with Gasteiger partial charge in [0.25, 0.3) is 0 Å². The summed E-state index contributed by atoms with van der Waals surface area (Å²) in [6.45, 7) is 3.57. The quantitative estimate of drug-likeness (QED) is 0.746. The van der Waals surface area contributed by atoms with Crippen molar-refractivity contribution < 1.29 is 9.18 Å². The molecule has 0 saturated heterocycles. The van der Waals surface area contributed by atoms with Crippen LogP contribution in [-0.4, -0.2) is 5.78 Å². The molecule has 1 aromatic carbocycles. The molecule has 0 unspecified atom stereocenters. The first kappa shape index (κ1) is 12.5. The van der Waals surface area contributed by atoms with Gasteiger partial charge in [-0.25, -0.2) is 4.39 Å². The average Bonchev–Trinajstić information content (AvgIpc) is 2.62. The Morgan fingerprint density at radius 1 is 1.35 bits per heavy atom. The summed E-state index contributed by atoms with van der Waals surface area (Å²) in [5.41, 5.74) is 1.66. The van der Waals surface area contributed by atoms with Crippen LogP contribution in [0.5, 0.6) is 0 Å². The fourth-order valence-electron chi connectivity index (χ4n) is 1.77. The zero-order valence-corrected chi connectivity index (χ0v) is 11.8. The Balaban J connectivity index is 2.56. The Kier molecular flexibility index (Phi) is 3.45. The van der Waals surface area contributed by atoms with Gasteiger partial charge in [-0.15, -0.1) is 11.3 Å². The summed E-state index contributed by atoms with van der Waals surface area (Å²) in [6.07, 6.45) is 0. The maximum absolute atomic E-state index is 13.9. The van der Waals surface area contributed by atoms with E-state index in [1.165, 1.54) is 17.4 Å². The maximum atomic E-state index is 13.9. The van der Waals surface area contributed by atoms with Gasteiger partial charge in [0.15, 0.2) is 0 Å². The first-order valence-corrected chi connectivity index (χ1v) is 6.72. The number of carbonyl (C=O) groups is 1. The molecule has 0 spiro atoms. The van der Waals surface area contributed by atoms with Crippen molar-refractivity contribution >= 4 is 33.0 Å². The van der Waals surface area contributed by atoms with E-state index in [4.69, 9.17) is 0 Å². The lowest BCUT2D eigenvalue weighted by Crippen LogP contribution is -2.06. The van der Waals surface area contributed by atoms with Gasteiger partial charge in [-0.3, -0.25) is 4.79 Å². The van der Waals surface area contributed by atoms with Crippen molar-refractivity contribution in [1.82, 2.24) is 0 Å². The van der Waals surface area contributed by atoms with E-state index in [1.54, 1.807) is 18.4 Å². The number of rotatable bonds is 2. The van der Waals surface area contributed by atoms with Crippen LogP contribution in [-0.2, 0) is 0 Å². The molecular weight excluding hydrogens is 303 g/mol. The maximum Gasteiger partial charge on any atom is 0.207 e. The zero-order chi connectivity index (χ0) is 12.6. The highest BCUT2D eigenvalue weighted by atomic mass is 79.9. The molecule has 0 aliphatic carbocycles. The molecule has 0 atom stereocenters. The van der Waals surface area contributed by atoms with Crippen LogP contribution in [0.15, 0.2) is 28.1 Å². The number of benzene rings is 1. The van der Waals surface area contributed by atoms with Gasteiger partial charge in [-0.1, -0.05) is 6.07 Å². The fourth-order valence-corrected chi connectivity index (χ4v) is 3.27. The van der Waals surface area contributed by atoms with E-state index < -0.39 is 5.82 Å². The van der Waals surface area contributed by atoms with Crippen molar-refractivity contribution in [3.63, 3.8) is 0 Å². The molecule has 0 saturated carbocycles. The lowest BCUT2D eigenvalue weighted by molar-refractivity contribution is 0.103. The number of hydrogen-bond donors (Lipinski definition) is 0. The lowest BCUT2D eigenvalue weighted by atomic mass is 10.0. The van der Waals surface area contributed by atoms with Crippen molar-refractivity contribution in [1.29, 1.82) is 0 Å². The second-order valence-corrected chi connectivity index (χ2v) is 5.64. The molecule has 2 rings (SSSR count). The summed E-state index contributed by atoms with van der Waals surface area (Å²) in [4.78, 5) is 12.8. The Morgan fingerprint density at radius 2 is 2.06 bits per heavy atom. The Bertz CT molecular complexity index is 566. The third-order valence-corrected chi connectivity index (χ3v) is 4.32. The van der Waals surface area contributed by atoms with Gasteiger partial charge in [-0.05, 0) is 58.4 Å². The number of ketones is 1. The summed E-state index contributed by atoms with van der Waals surface area (Å²) in [5.74, 6) is -0.713. The third-order valence-electron chi connectivity index (χ3n) is 2.48. The minimum absolute atomic E-state index is 0.166. The Hall–Kier alpha value is -1.000. The molecular formula is C13H10BrFOS. The highest BCUT2D eigenvalue weighted by molar-refractivity contribution is 9.10. The van der Waals surface area contributed by atoms with Crippen molar-refractivity contribution in [2.24, 2.45) is 0 Å². The van der Waals surface area contributed by atoms with E-state index >= 15 is 0 Å². The summed E-state index contributed by atoms with van der Waals surface area (Å²) in [7, 11) is 0. The summed E-state index contributed by atoms with van der Waals surface area (Å²) >= 11 is 4.61. The second kappa shape index (κ2) is 4.70. The minimum Gasteiger partial charge on any atom is -0.288 e. The van der Waals surface area contributed by atoms with E-state index in [-0.39, 0.29) is 11.3 Å². The lowest BCUT2D eigenvalue weighted by Gasteiger charge is -2.07. The van der Waals surface area contributed by atoms with E-state index in [1.807, 2.05) is 13.0 Å². The number of thiophene rings is 1. The van der Waals surface area contributed by atoms with E-state index in [0.29, 0.717) is 14.9 Å². The molecule has 1 heterocycles. The van der Waals surface area contributed by atoms with Gasteiger partial charge in [0.05, 0.1) is 10.4 Å². The largest absolute Gasteiger partial charge is 0.288 e. The van der Waals surface area contributed by atoms with Gasteiger partial charge < -0.3 is 0 Å². The Morgan fingerprint density at radius 3 is 2.59 bits per heavy atom. The second-order valence-electron chi connectivity index (χ2n) is 3.87. The number of hydrogen-bond acceptors (Lipinski definition) is 2. The van der Waals surface area contributed by atoms with E-state index in [2.05, 4.69) is 15.9 Å². The molecule has 0 aliphatic rings. The van der Waals surface area contributed by atoms with Gasteiger partial charge in [-0.2, -0.15) is 0 Å². The molecule has 0 radical (unpaired) electrons. The third kappa shape index (κ3) is 2.33. The highest BCUT2D eigenvalue weighted by Gasteiger charge is 2.20. The normalized spacial score (nSPS) is 10.6. The Labute approximate surface area is 111 Å². The average molecular weight is 313 g/mol. The van der Waals surface area contributed by atoms with Crippen molar-refractivity contribution in [2.45, 2.75) is 13.8 Å².